The molecular weight excluding hydrogens is 394 g/mol. The van der Waals surface area contributed by atoms with Crippen LogP contribution in [0.25, 0.3) is 0 Å². The van der Waals surface area contributed by atoms with Crippen LogP contribution in [0.1, 0.15) is 29.7 Å². The molecule has 0 saturated heterocycles. The van der Waals surface area contributed by atoms with Gasteiger partial charge in [-0.15, -0.1) is 0 Å². The fourth-order valence-electron chi connectivity index (χ4n) is 3.08. The van der Waals surface area contributed by atoms with Gasteiger partial charge in [-0.1, -0.05) is 51.8 Å². The number of anilines is 1. The van der Waals surface area contributed by atoms with Gasteiger partial charge >= 0.3 is 6.03 Å². The van der Waals surface area contributed by atoms with E-state index in [1.807, 2.05) is 56.3 Å². The summed E-state index contributed by atoms with van der Waals surface area (Å²) in [7, 11) is 0. The van der Waals surface area contributed by atoms with Gasteiger partial charge in [-0.2, -0.15) is 0 Å². The molecule has 2 aromatic rings. The predicted molar refractivity (Wildman–Crippen MR) is 106 cm³/mol. The van der Waals surface area contributed by atoms with Gasteiger partial charge in [0.15, 0.2) is 0 Å². The maximum atomic E-state index is 13.0. The third-order valence-electron chi connectivity index (χ3n) is 4.36. The summed E-state index contributed by atoms with van der Waals surface area (Å²) in [4.78, 5) is 25.0. The van der Waals surface area contributed by atoms with Crippen LogP contribution in [-0.2, 0) is 4.79 Å². The molecule has 0 bridgehead atoms. The van der Waals surface area contributed by atoms with Gasteiger partial charge in [0, 0.05) is 15.9 Å². The minimum Gasteiger partial charge on any atom is -0.327 e. The SMILES string of the molecule is CC1=C(C(=O)Nc2ccc(C)cc2C)[C@@H](c2ccccc2Br)NC(=O)N1. The second kappa shape index (κ2) is 7.33. The number of rotatable bonds is 3. The minimum atomic E-state index is -0.537. The summed E-state index contributed by atoms with van der Waals surface area (Å²) in [5.41, 5.74) is 4.72. The Bertz CT molecular complexity index is 921. The molecule has 3 rings (SSSR count). The van der Waals surface area contributed by atoms with E-state index >= 15 is 0 Å². The van der Waals surface area contributed by atoms with Crippen molar-refractivity contribution in [3.63, 3.8) is 0 Å². The van der Waals surface area contributed by atoms with Crippen molar-refractivity contribution in [2.45, 2.75) is 26.8 Å². The largest absolute Gasteiger partial charge is 0.327 e. The topological polar surface area (TPSA) is 70.2 Å². The smallest absolute Gasteiger partial charge is 0.319 e. The van der Waals surface area contributed by atoms with Crippen molar-refractivity contribution in [1.82, 2.24) is 10.6 Å². The van der Waals surface area contributed by atoms with E-state index in [-0.39, 0.29) is 11.9 Å². The number of aryl methyl sites for hydroxylation is 2. The molecule has 3 amide bonds. The molecule has 0 aliphatic carbocycles. The number of amides is 3. The Kier molecular flexibility index (Phi) is 5.13. The summed E-state index contributed by atoms with van der Waals surface area (Å²) < 4.78 is 0.830. The first-order valence-electron chi connectivity index (χ1n) is 8.28. The molecule has 5 nitrogen and oxygen atoms in total. The number of hydrogen-bond donors (Lipinski definition) is 3. The minimum absolute atomic E-state index is 0.247. The molecule has 26 heavy (non-hydrogen) atoms. The molecule has 1 aliphatic rings. The Hall–Kier alpha value is -2.60. The van der Waals surface area contributed by atoms with E-state index in [4.69, 9.17) is 0 Å². The van der Waals surface area contributed by atoms with Gasteiger partial charge in [-0.3, -0.25) is 4.79 Å². The van der Waals surface area contributed by atoms with E-state index in [0.29, 0.717) is 11.3 Å². The van der Waals surface area contributed by atoms with E-state index in [1.165, 1.54) is 0 Å². The maximum absolute atomic E-state index is 13.0. The lowest BCUT2D eigenvalue weighted by Crippen LogP contribution is -2.46. The predicted octanol–water partition coefficient (Wildman–Crippen LogP) is 4.33. The average molecular weight is 414 g/mol. The number of urea groups is 1. The highest BCUT2D eigenvalue weighted by Crippen LogP contribution is 2.32. The third-order valence-corrected chi connectivity index (χ3v) is 5.08. The van der Waals surface area contributed by atoms with Crippen molar-refractivity contribution < 1.29 is 9.59 Å². The lowest BCUT2D eigenvalue weighted by molar-refractivity contribution is -0.113. The molecule has 0 fully saturated rings. The lowest BCUT2D eigenvalue weighted by Gasteiger charge is -2.29. The molecule has 0 saturated carbocycles. The number of benzene rings is 2. The normalized spacial score (nSPS) is 16.8. The third kappa shape index (κ3) is 3.65. The van der Waals surface area contributed by atoms with Crippen LogP contribution in [0, 0.1) is 13.8 Å². The summed E-state index contributed by atoms with van der Waals surface area (Å²) in [6.45, 7) is 5.70. The Labute approximate surface area is 161 Å². The molecule has 0 unspecified atom stereocenters. The van der Waals surface area contributed by atoms with Crippen LogP contribution < -0.4 is 16.0 Å². The Morgan fingerprint density at radius 2 is 1.85 bits per heavy atom. The van der Waals surface area contributed by atoms with E-state index in [9.17, 15) is 9.59 Å². The molecular formula is C20H20BrN3O2. The summed E-state index contributed by atoms with van der Waals surface area (Å²) in [5, 5.41) is 8.51. The highest BCUT2D eigenvalue weighted by molar-refractivity contribution is 9.10. The molecule has 0 aromatic heterocycles. The number of halogens is 1. The van der Waals surface area contributed by atoms with Crippen LogP contribution in [0.4, 0.5) is 10.5 Å². The molecule has 1 aliphatic heterocycles. The van der Waals surface area contributed by atoms with Gasteiger partial charge in [0.25, 0.3) is 5.91 Å². The van der Waals surface area contributed by atoms with Crippen molar-refractivity contribution in [3.8, 4) is 0 Å². The molecule has 0 radical (unpaired) electrons. The highest BCUT2D eigenvalue weighted by Gasteiger charge is 2.32. The van der Waals surface area contributed by atoms with Gasteiger partial charge < -0.3 is 16.0 Å². The fourth-order valence-corrected chi connectivity index (χ4v) is 3.59. The number of allylic oxidation sites excluding steroid dienone is 1. The van der Waals surface area contributed by atoms with Crippen molar-refractivity contribution in [2.75, 3.05) is 5.32 Å². The zero-order valence-electron chi connectivity index (χ0n) is 14.8. The van der Waals surface area contributed by atoms with Gasteiger partial charge in [-0.05, 0) is 44.0 Å². The Balaban J connectivity index is 1.98. The number of nitrogens with one attached hydrogen (secondary N) is 3. The molecule has 6 heteroatoms. The molecule has 1 atom stereocenters. The quantitative estimate of drug-likeness (QED) is 0.700. The van der Waals surface area contributed by atoms with Crippen molar-refractivity contribution >= 4 is 33.6 Å². The first-order chi connectivity index (χ1) is 12.4. The van der Waals surface area contributed by atoms with E-state index in [2.05, 4.69) is 31.9 Å². The second-order valence-electron chi connectivity index (χ2n) is 6.36. The van der Waals surface area contributed by atoms with Gasteiger partial charge in [0.1, 0.15) is 0 Å². The van der Waals surface area contributed by atoms with E-state index < -0.39 is 6.04 Å². The zero-order chi connectivity index (χ0) is 18.8. The zero-order valence-corrected chi connectivity index (χ0v) is 16.4. The van der Waals surface area contributed by atoms with Crippen LogP contribution in [0.3, 0.4) is 0 Å². The summed E-state index contributed by atoms with van der Waals surface area (Å²) in [5.74, 6) is -0.247. The van der Waals surface area contributed by atoms with E-state index in [0.717, 1.165) is 26.9 Å². The molecule has 134 valence electrons. The number of hydrogen-bond acceptors (Lipinski definition) is 2. The average Bonchev–Trinajstić information content (AvgIpc) is 2.57. The Morgan fingerprint density at radius 3 is 2.54 bits per heavy atom. The van der Waals surface area contributed by atoms with Crippen LogP contribution in [-0.4, -0.2) is 11.9 Å². The number of carbonyl (C=O) groups excluding carboxylic acids is 2. The van der Waals surface area contributed by atoms with Crippen LogP contribution in [0.5, 0.6) is 0 Å². The highest BCUT2D eigenvalue weighted by atomic mass is 79.9. The van der Waals surface area contributed by atoms with E-state index in [1.54, 1.807) is 6.92 Å². The summed E-state index contributed by atoms with van der Waals surface area (Å²) in [6.07, 6.45) is 0. The molecule has 2 aromatic carbocycles. The molecule has 1 heterocycles. The monoisotopic (exact) mass is 413 g/mol. The molecule has 0 spiro atoms. The van der Waals surface area contributed by atoms with Crippen LogP contribution >= 0.6 is 15.9 Å². The van der Waals surface area contributed by atoms with Gasteiger partial charge in [0.2, 0.25) is 0 Å². The standard InChI is InChI=1S/C20H20BrN3O2/c1-11-8-9-16(12(2)10-11)23-19(25)17-13(3)22-20(26)24-18(17)14-6-4-5-7-15(14)21/h4-10,18H,1-3H3,(H,23,25)(H2,22,24,26)/t18-/m1/s1. The fraction of sp³-hybridized carbons (Fsp3) is 0.200. The van der Waals surface area contributed by atoms with Gasteiger partial charge in [-0.25, -0.2) is 4.79 Å². The second-order valence-corrected chi connectivity index (χ2v) is 7.22. The van der Waals surface area contributed by atoms with Crippen molar-refractivity contribution in [1.29, 1.82) is 0 Å². The molecule has 3 N–H and O–H groups in total. The lowest BCUT2D eigenvalue weighted by atomic mass is 9.94. The Morgan fingerprint density at radius 1 is 1.12 bits per heavy atom. The van der Waals surface area contributed by atoms with Crippen LogP contribution in [0.15, 0.2) is 58.2 Å². The van der Waals surface area contributed by atoms with Crippen molar-refractivity contribution in [2.24, 2.45) is 0 Å². The first-order valence-corrected chi connectivity index (χ1v) is 9.07. The maximum Gasteiger partial charge on any atom is 0.319 e. The number of carbonyl (C=O) groups is 2. The summed E-state index contributed by atoms with van der Waals surface area (Å²) >= 11 is 3.51. The first kappa shape index (κ1) is 18.2. The van der Waals surface area contributed by atoms with Gasteiger partial charge in [0.05, 0.1) is 11.6 Å². The van der Waals surface area contributed by atoms with Crippen molar-refractivity contribution in [3.05, 3.63) is 74.9 Å². The summed E-state index contributed by atoms with van der Waals surface area (Å²) in [6, 6.07) is 12.5. The van der Waals surface area contributed by atoms with Crippen LogP contribution in [0.2, 0.25) is 0 Å².